The normalized spacial score (nSPS) is 18.0. The van der Waals surface area contributed by atoms with Crippen LogP contribution in [0.1, 0.15) is 5.56 Å². The lowest BCUT2D eigenvalue weighted by atomic mass is 10.1. The van der Waals surface area contributed by atoms with E-state index in [0.717, 1.165) is 4.90 Å². The fourth-order valence-electron chi connectivity index (χ4n) is 3.91. The molecular formula is C24H26N7O7+. The molecular weight excluding hydrogens is 498 g/mol. The van der Waals surface area contributed by atoms with E-state index in [1.54, 1.807) is 37.4 Å². The van der Waals surface area contributed by atoms with E-state index in [2.05, 4.69) is 15.5 Å². The zero-order valence-corrected chi connectivity index (χ0v) is 20.8. The molecule has 2 heterocycles. The number of methoxy groups -OCH3 is 1. The Balaban J connectivity index is 1.54. The molecule has 3 amide bonds. The van der Waals surface area contributed by atoms with Crippen molar-refractivity contribution in [2.45, 2.75) is 12.1 Å². The van der Waals surface area contributed by atoms with Crippen LogP contribution in [0.3, 0.4) is 0 Å². The Morgan fingerprint density at radius 2 is 1.92 bits per heavy atom. The maximum absolute atomic E-state index is 13.0. The molecule has 0 bridgehead atoms. The number of hydrogen-bond donors (Lipinski definition) is 2. The molecule has 2 aromatic rings. The van der Waals surface area contributed by atoms with Gasteiger partial charge in [-0.2, -0.15) is 5.43 Å². The summed E-state index contributed by atoms with van der Waals surface area (Å²) < 4.78 is 12.3. The van der Waals surface area contributed by atoms with Gasteiger partial charge in [-0.1, -0.05) is 17.1 Å². The minimum atomic E-state index is -1.05. The lowest BCUT2D eigenvalue weighted by Crippen LogP contribution is -2.62. The largest absolute Gasteiger partial charge is 0.497 e. The van der Waals surface area contributed by atoms with Crippen LogP contribution in [-0.4, -0.2) is 101 Å². The van der Waals surface area contributed by atoms with Crippen molar-refractivity contribution in [1.82, 2.24) is 15.2 Å². The van der Waals surface area contributed by atoms with E-state index in [4.69, 9.17) is 9.47 Å². The van der Waals surface area contributed by atoms with Crippen LogP contribution >= 0.6 is 0 Å². The predicted molar refractivity (Wildman–Crippen MR) is 136 cm³/mol. The average molecular weight is 525 g/mol. The summed E-state index contributed by atoms with van der Waals surface area (Å²) in [7, 11) is 4.41. The van der Waals surface area contributed by atoms with E-state index in [-0.39, 0.29) is 30.6 Å². The van der Waals surface area contributed by atoms with Gasteiger partial charge in [-0.25, -0.2) is 9.37 Å². The van der Waals surface area contributed by atoms with E-state index in [1.807, 2.05) is 0 Å². The highest BCUT2D eigenvalue weighted by atomic mass is 16.6. The van der Waals surface area contributed by atoms with Gasteiger partial charge in [0.15, 0.2) is 0 Å². The molecule has 2 aliphatic heterocycles. The number of urea groups is 1. The van der Waals surface area contributed by atoms with Crippen LogP contribution in [-0.2, 0) is 4.79 Å². The number of hydrazone groups is 1. The second kappa shape index (κ2) is 11.0. The quantitative estimate of drug-likeness (QED) is 0.209. The lowest BCUT2D eigenvalue weighted by Gasteiger charge is -2.32. The molecule has 14 heteroatoms. The van der Waals surface area contributed by atoms with Crippen molar-refractivity contribution in [1.29, 1.82) is 0 Å². The van der Waals surface area contributed by atoms with E-state index in [1.165, 1.54) is 48.0 Å². The van der Waals surface area contributed by atoms with E-state index >= 15 is 0 Å². The van der Waals surface area contributed by atoms with E-state index in [9.17, 15) is 24.8 Å². The molecule has 0 spiro atoms. The summed E-state index contributed by atoms with van der Waals surface area (Å²) in [6.45, 7) is -0.169. The molecule has 0 aromatic heterocycles. The van der Waals surface area contributed by atoms with Crippen molar-refractivity contribution >= 4 is 35.6 Å². The smallest absolute Gasteiger partial charge is 0.414 e. The number of aliphatic hydroxyl groups is 1. The number of guanidine groups is 1. The fourth-order valence-corrected chi connectivity index (χ4v) is 3.91. The number of carbonyl (C=O) groups is 2. The number of nitrogens with one attached hydrogen (secondary N) is 1. The third-order valence-electron chi connectivity index (χ3n) is 5.90. The number of nitro groups is 1. The second-order valence-corrected chi connectivity index (χ2v) is 8.45. The summed E-state index contributed by atoms with van der Waals surface area (Å²) in [6.07, 6.45) is 0.303. The van der Waals surface area contributed by atoms with Crippen molar-refractivity contribution in [2.75, 3.05) is 34.4 Å². The average Bonchev–Trinajstić information content (AvgIpc) is 3.27. The summed E-state index contributed by atoms with van der Waals surface area (Å²) in [5.41, 5.74) is 3.09. The highest BCUT2D eigenvalue weighted by Gasteiger charge is 2.51. The first-order valence-corrected chi connectivity index (χ1v) is 11.5. The predicted octanol–water partition coefficient (Wildman–Crippen LogP) is 0.640. The van der Waals surface area contributed by atoms with Crippen molar-refractivity contribution in [2.24, 2.45) is 10.1 Å². The number of rotatable bonds is 9. The number of carbonyl (C=O) groups excluding carboxylic acids is 2. The monoisotopic (exact) mass is 524 g/mol. The summed E-state index contributed by atoms with van der Waals surface area (Å²) in [6, 6.07) is 11.2. The van der Waals surface area contributed by atoms with Gasteiger partial charge >= 0.3 is 12.0 Å². The minimum absolute atomic E-state index is 0.0793. The number of imide groups is 1. The van der Waals surface area contributed by atoms with Crippen LogP contribution in [0.4, 0.5) is 10.5 Å². The highest BCUT2D eigenvalue weighted by Crippen LogP contribution is 2.20. The van der Waals surface area contributed by atoms with Crippen LogP contribution in [0.2, 0.25) is 0 Å². The first-order chi connectivity index (χ1) is 18.2. The van der Waals surface area contributed by atoms with Gasteiger partial charge in [-0.15, -0.1) is 5.10 Å². The van der Waals surface area contributed by atoms with Crippen molar-refractivity contribution < 1.29 is 33.7 Å². The topological polar surface area (TPSA) is 162 Å². The molecule has 0 radical (unpaired) electrons. The number of aliphatic imine (C=N–C) groups is 1. The molecule has 1 fully saturated rings. The SMILES string of the molecule is COc1ccc(OCC(O)C[N+]2=C(N/N=C/c3cccc([N+](=O)[O-])c3)N=C3C2C(=O)N(C)C(=O)N3C)cc1. The molecule has 1 saturated heterocycles. The summed E-state index contributed by atoms with van der Waals surface area (Å²) in [5.74, 6) is 0.947. The number of ether oxygens (including phenoxy) is 2. The molecule has 0 saturated carbocycles. The highest BCUT2D eigenvalue weighted by molar-refractivity contribution is 6.22. The van der Waals surface area contributed by atoms with Gasteiger partial charge < -0.3 is 14.6 Å². The first kappa shape index (κ1) is 26.2. The number of aliphatic hydroxyl groups excluding tert-OH is 1. The maximum atomic E-state index is 13.0. The first-order valence-electron chi connectivity index (χ1n) is 11.5. The Morgan fingerprint density at radius 3 is 2.61 bits per heavy atom. The van der Waals surface area contributed by atoms with Gasteiger partial charge in [0.1, 0.15) is 24.2 Å². The molecule has 2 atom stereocenters. The van der Waals surface area contributed by atoms with Gasteiger partial charge in [-0.05, 0) is 24.3 Å². The fraction of sp³-hybridized carbons (Fsp3) is 0.292. The number of nitro benzene ring substituents is 1. The van der Waals surface area contributed by atoms with Crippen LogP contribution < -0.4 is 14.9 Å². The Labute approximate surface area is 217 Å². The zero-order chi connectivity index (χ0) is 27.4. The summed E-state index contributed by atoms with van der Waals surface area (Å²) in [4.78, 5) is 42.6. The van der Waals surface area contributed by atoms with Gasteiger partial charge in [-0.3, -0.25) is 24.7 Å². The number of non-ortho nitro benzene ring substituents is 1. The Morgan fingerprint density at radius 1 is 1.21 bits per heavy atom. The van der Waals surface area contributed by atoms with Gasteiger partial charge in [0.2, 0.25) is 11.9 Å². The van der Waals surface area contributed by atoms with Gasteiger partial charge in [0.25, 0.3) is 11.6 Å². The number of nitrogens with zero attached hydrogens (tertiary/aromatic N) is 6. The Kier molecular flexibility index (Phi) is 7.62. The van der Waals surface area contributed by atoms with Crippen LogP contribution in [0.25, 0.3) is 0 Å². The third kappa shape index (κ3) is 5.44. The number of amidine groups is 1. The van der Waals surface area contributed by atoms with E-state index < -0.39 is 29.0 Å². The van der Waals surface area contributed by atoms with Crippen molar-refractivity contribution in [3.05, 3.63) is 64.2 Å². The molecule has 4 rings (SSSR count). The Bertz CT molecular complexity index is 1340. The third-order valence-corrected chi connectivity index (χ3v) is 5.90. The number of benzene rings is 2. The van der Waals surface area contributed by atoms with Crippen molar-refractivity contribution in [3.8, 4) is 11.5 Å². The molecule has 14 nitrogen and oxygen atoms in total. The molecule has 0 aliphatic carbocycles. The van der Waals surface area contributed by atoms with Gasteiger partial charge in [0.05, 0.1) is 24.8 Å². The molecule has 2 aliphatic rings. The second-order valence-electron chi connectivity index (χ2n) is 8.45. The lowest BCUT2D eigenvalue weighted by molar-refractivity contribution is -0.545. The standard InChI is InChI=1S/C24H25N7O7/c1-28-21-20(22(33)29(2)24(28)34)30(13-17(32)14-38-19-9-7-18(37-3)8-10-19)23(26-21)27-25-12-15-5-4-6-16(11-15)31(35)36/h4-12,17,20,32H,13-14H2,1-3H3/p+1/b25-12+. The van der Waals surface area contributed by atoms with Gasteiger partial charge in [0, 0.05) is 31.8 Å². The zero-order valence-electron chi connectivity index (χ0n) is 20.8. The minimum Gasteiger partial charge on any atom is -0.497 e. The maximum Gasteiger partial charge on any atom is 0.414 e. The van der Waals surface area contributed by atoms with Crippen LogP contribution in [0.15, 0.2) is 58.6 Å². The molecule has 2 unspecified atom stereocenters. The molecule has 2 aromatic carbocycles. The van der Waals surface area contributed by atoms with E-state index in [0.29, 0.717) is 17.1 Å². The van der Waals surface area contributed by atoms with Crippen molar-refractivity contribution in [3.63, 3.8) is 0 Å². The molecule has 38 heavy (non-hydrogen) atoms. The van der Waals surface area contributed by atoms with Crippen LogP contribution in [0, 0.1) is 10.1 Å². The number of β-amino-alcohol motifs (C(OH)–C–C–N with tert-alkyl or cyclic N) is 1. The number of hydrogen-bond acceptors (Lipinski definition) is 10. The molecule has 2 N–H and O–H groups in total. The Hall–Kier alpha value is -4.85. The van der Waals surface area contributed by atoms with Crippen LogP contribution in [0.5, 0.6) is 11.5 Å². The molecule has 198 valence electrons. The number of likely N-dealkylation sites (N-methyl/N-ethyl adjacent to an activating group) is 2. The summed E-state index contributed by atoms with van der Waals surface area (Å²) >= 11 is 0. The number of amides is 3. The summed E-state index contributed by atoms with van der Waals surface area (Å²) in [5, 5.41) is 25.9. The number of fused-ring (bicyclic) bond motifs is 1.